The average molecular weight is 411 g/mol. The summed E-state index contributed by atoms with van der Waals surface area (Å²) in [6.45, 7) is 2.72. The summed E-state index contributed by atoms with van der Waals surface area (Å²) in [4.78, 5) is 13.6. The van der Waals surface area contributed by atoms with Gasteiger partial charge in [-0.2, -0.15) is 0 Å². The fourth-order valence-electron chi connectivity index (χ4n) is 3.05. The van der Waals surface area contributed by atoms with Crippen LogP contribution in [-0.4, -0.2) is 26.7 Å². The predicted octanol–water partition coefficient (Wildman–Crippen LogP) is 4.07. The van der Waals surface area contributed by atoms with Gasteiger partial charge in [-0.3, -0.25) is 10.1 Å². The third-order valence-electron chi connectivity index (χ3n) is 4.64. The molecule has 1 aromatic heterocycles. The number of aryl methyl sites for hydroxylation is 1. The topological polar surface area (TPSA) is 59.6 Å². The minimum atomic E-state index is -0.0616. The Morgan fingerprint density at radius 2 is 1.79 bits per heavy atom. The number of benzene rings is 2. The van der Waals surface area contributed by atoms with Crippen molar-refractivity contribution in [3.8, 4) is 11.5 Å². The van der Waals surface area contributed by atoms with E-state index in [2.05, 4.69) is 53.3 Å². The van der Waals surface area contributed by atoms with Crippen LogP contribution in [0, 0.1) is 6.92 Å². The van der Waals surface area contributed by atoms with Crippen molar-refractivity contribution in [3.63, 3.8) is 0 Å². The van der Waals surface area contributed by atoms with Gasteiger partial charge in [0.25, 0.3) is 0 Å². The second-order valence-electron chi connectivity index (χ2n) is 6.71. The normalized spacial score (nSPS) is 11.7. The molecular formula is C23H26N2O3S. The summed E-state index contributed by atoms with van der Waals surface area (Å²) in [6, 6.07) is 18.1. The van der Waals surface area contributed by atoms with Crippen LogP contribution in [0.15, 0.2) is 60.0 Å². The quantitative estimate of drug-likeness (QED) is 0.558. The fraction of sp³-hybridized carbons (Fsp3) is 0.261. The van der Waals surface area contributed by atoms with Gasteiger partial charge in [0.2, 0.25) is 5.91 Å². The zero-order valence-electron chi connectivity index (χ0n) is 16.9. The summed E-state index contributed by atoms with van der Waals surface area (Å²) in [5.74, 6) is 1.25. The van der Waals surface area contributed by atoms with E-state index >= 15 is 0 Å². The largest absolute Gasteiger partial charge is 0.493 e. The number of methoxy groups -OCH3 is 2. The van der Waals surface area contributed by atoms with E-state index in [0.717, 1.165) is 11.1 Å². The van der Waals surface area contributed by atoms with Crippen molar-refractivity contribution >= 4 is 17.2 Å². The molecule has 0 radical (unpaired) electrons. The van der Waals surface area contributed by atoms with Crippen LogP contribution in [0.2, 0.25) is 0 Å². The molecule has 0 saturated heterocycles. The van der Waals surface area contributed by atoms with Crippen LogP contribution in [-0.2, 0) is 11.3 Å². The molecule has 0 aliphatic carbocycles. The maximum Gasteiger partial charge on any atom is 0.234 e. The van der Waals surface area contributed by atoms with Crippen LogP contribution < -0.4 is 20.1 Å². The second-order valence-corrected chi connectivity index (χ2v) is 7.69. The molecule has 6 heteroatoms. The second kappa shape index (κ2) is 10.1. The molecule has 0 aliphatic heterocycles. The molecular weight excluding hydrogens is 384 g/mol. The van der Waals surface area contributed by atoms with E-state index in [-0.39, 0.29) is 18.5 Å². The van der Waals surface area contributed by atoms with Crippen LogP contribution in [0.3, 0.4) is 0 Å². The van der Waals surface area contributed by atoms with Crippen molar-refractivity contribution in [2.45, 2.75) is 19.5 Å². The molecule has 1 heterocycles. The summed E-state index contributed by atoms with van der Waals surface area (Å²) in [5, 5.41) is 8.39. The van der Waals surface area contributed by atoms with Gasteiger partial charge in [0.05, 0.1) is 26.8 Å². The first-order valence-corrected chi connectivity index (χ1v) is 10.3. The minimum Gasteiger partial charge on any atom is -0.493 e. The van der Waals surface area contributed by atoms with Crippen molar-refractivity contribution in [1.82, 2.24) is 10.6 Å². The summed E-state index contributed by atoms with van der Waals surface area (Å²) < 4.78 is 10.6. The molecule has 29 heavy (non-hydrogen) atoms. The highest BCUT2D eigenvalue weighted by molar-refractivity contribution is 7.10. The Balaban J connectivity index is 1.60. The first kappa shape index (κ1) is 20.9. The summed E-state index contributed by atoms with van der Waals surface area (Å²) in [7, 11) is 3.20. The summed E-state index contributed by atoms with van der Waals surface area (Å²) in [5.41, 5.74) is 3.31. The van der Waals surface area contributed by atoms with Crippen molar-refractivity contribution < 1.29 is 14.3 Å². The molecule has 0 saturated carbocycles. The van der Waals surface area contributed by atoms with Crippen LogP contribution in [0.1, 0.15) is 27.6 Å². The van der Waals surface area contributed by atoms with Crippen LogP contribution in [0.5, 0.6) is 11.5 Å². The number of hydrogen-bond acceptors (Lipinski definition) is 5. The maximum atomic E-state index is 12.4. The van der Waals surface area contributed by atoms with Gasteiger partial charge in [-0.1, -0.05) is 42.0 Å². The highest BCUT2D eigenvalue weighted by Gasteiger charge is 2.16. The number of carbonyl (C=O) groups excluding carboxylic acids is 1. The molecule has 2 aromatic carbocycles. The Bertz CT molecular complexity index is 924. The van der Waals surface area contributed by atoms with Crippen molar-refractivity contribution in [1.29, 1.82) is 0 Å². The van der Waals surface area contributed by atoms with Crippen LogP contribution in [0.25, 0.3) is 0 Å². The van der Waals surface area contributed by atoms with Gasteiger partial charge in [0, 0.05) is 11.4 Å². The third-order valence-corrected chi connectivity index (χ3v) is 5.58. The summed E-state index contributed by atoms with van der Waals surface area (Å²) in [6.07, 6.45) is 0. The van der Waals surface area contributed by atoms with E-state index in [4.69, 9.17) is 9.47 Å². The Hall–Kier alpha value is -2.83. The molecule has 1 atom stereocenters. The Morgan fingerprint density at radius 3 is 2.45 bits per heavy atom. The smallest absolute Gasteiger partial charge is 0.234 e. The zero-order chi connectivity index (χ0) is 20.6. The maximum absolute atomic E-state index is 12.4. The van der Waals surface area contributed by atoms with E-state index in [1.165, 1.54) is 10.4 Å². The number of ether oxygens (including phenoxy) is 2. The molecule has 5 nitrogen and oxygen atoms in total. The molecule has 1 amide bonds. The monoisotopic (exact) mass is 410 g/mol. The average Bonchev–Trinajstić information content (AvgIpc) is 3.28. The van der Waals surface area contributed by atoms with Gasteiger partial charge < -0.3 is 14.8 Å². The van der Waals surface area contributed by atoms with Crippen molar-refractivity contribution in [2.24, 2.45) is 0 Å². The van der Waals surface area contributed by atoms with E-state index in [1.54, 1.807) is 25.6 Å². The van der Waals surface area contributed by atoms with Gasteiger partial charge in [0.1, 0.15) is 0 Å². The van der Waals surface area contributed by atoms with E-state index in [9.17, 15) is 4.79 Å². The van der Waals surface area contributed by atoms with E-state index < -0.39 is 0 Å². The highest BCUT2D eigenvalue weighted by atomic mass is 32.1. The third kappa shape index (κ3) is 5.59. The molecule has 0 aliphatic rings. The van der Waals surface area contributed by atoms with Crippen LogP contribution in [0.4, 0.5) is 0 Å². The fourth-order valence-corrected chi connectivity index (χ4v) is 3.87. The number of rotatable bonds is 9. The number of hydrogen-bond donors (Lipinski definition) is 2. The summed E-state index contributed by atoms with van der Waals surface area (Å²) >= 11 is 1.68. The number of amides is 1. The lowest BCUT2D eigenvalue weighted by Crippen LogP contribution is -2.35. The van der Waals surface area contributed by atoms with Gasteiger partial charge in [-0.05, 0) is 41.6 Å². The lowest BCUT2D eigenvalue weighted by Gasteiger charge is -2.18. The number of nitrogens with one attached hydrogen (secondary N) is 2. The minimum absolute atomic E-state index is 0.0116. The molecule has 0 bridgehead atoms. The lowest BCUT2D eigenvalue weighted by molar-refractivity contribution is -0.120. The van der Waals surface area contributed by atoms with Crippen LogP contribution >= 0.6 is 11.3 Å². The number of carbonyl (C=O) groups is 1. The SMILES string of the molecule is COc1ccc(CNC(=O)CN[C@@H](c2ccc(C)cc2)c2cccs2)cc1OC. The van der Waals surface area contributed by atoms with E-state index in [1.807, 2.05) is 24.3 Å². The molecule has 0 spiro atoms. The van der Waals surface area contributed by atoms with Gasteiger partial charge in [0.15, 0.2) is 11.5 Å². The Kier molecular flexibility index (Phi) is 7.27. The molecule has 3 aromatic rings. The highest BCUT2D eigenvalue weighted by Crippen LogP contribution is 2.28. The Morgan fingerprint density at radius 1 is 1.03 bits per heavy atom. The first-order valence-electron chi connectivity index (χ1n) is 9.41. The van der Waals surface area contributed by atoms with Gasteiger partial charge >= 0.3 is 0 Å². The van der Waals surface area contributed by atoms with Gasteiger partial charge in [-0.15, -0.1) is 11.3 Å². The van der Waals surface area contributed by atoms with E-state index in [0.29, 0.717) is 18.0 Å². The van der Waals surface area contributed by atoms with Crippen molar-refractivity contribution in [2.75, 3.05) is 20.8 Å². The number of thiophene rings is 1. The molecule has 152 valence electrons. The lowest BCUT2D eigenvalue weighted by atomic mass is 10.0. The molecule has 0 unspecified atom stereocenters. The molecule has 3 rings (SSSR count). The van der Waals surface area contributed by atoms with Crippen molar-refractivity contribution in [3.05, 3.63) is 81.5 Å². The Labute approximate surface area is 175 Å². The zero-order valence-corrected chi connectivity index (χ0v) is 17.7. The molecule has 2 N–H and O–H groups in total. The first-order chi connectivity index (χ1) is 14.1. The van der Waals surface area contributed by atoms with Gasteiger partial charge in [-0.25, -0.2) is 0 Å². The standard InChI is InChI=1S/C23H26N2O3S/c1-16-6-9-18(10-7-16)23(21-5-4-12-29-21)25-15-22(26)24-14-17-8-11-19(27-2)20(13-17)28-3/h4-13,23,25H,14-15H2,1-3H3,(H,24,26)/t23-/m0/s1. The molecule has 0 fully saturated rings. The predicted molar refractivity (Wildman–Crippen MR) is 117 cm³/mol.